The molecule has 2 aromatic heterocycles. The Hall–Kier alpha value is -2.38. The van der Waals surface area contributed by atoms with Crippen molar-refractivity contribution in [3.8, 4) is 5.88 Å². The van der Waals surface area contributed by atoms with Crippen molar-refractivity contribution in [1.29, 1.82) is 0 Å². The Morgan fingerprint density at radius 3 is 2.91 bits per heavy atom. The van der Waals surface area contributed by atoms with Gasteiger partial charge in [0, 0.05) is 0 Å². The number of phosphoric acid groups is 1. The van der Waals surface area contributed by atoms with Crippen LogP contribution in [0.1, 0.15) is 40.3 Å². The lowest BCUT2D eigenvalue weighted by Gasteiger charge is -2.33. The first-order chi connectivity index (χ1) is 16.0. The number of nitrogens with two attached hydrogens (primary N) is 1. The van der Waals surface area contributed by atoms with Crippen LogP contribution in [-0.4, -0.2) is 69.3 Å². The van der Waals surface area contributed by atoms with Crippen molar-refractivity contribution in [2.24, 2.45) is 0 Å². The lowest BCUT2D eigenvalue weighted by Crippen LogP contribution is -2.44. The van der Waals surface area contributed by atoms with Gasteiger partial charge in [-0.2, -0.15) is 9.97 Å². The van der Waals surface area contributed by atoms with Gasteiger partial charge in [0.15, 0.2) is 23.1 Å². The van der Waals surface area contributed by atoms with Crippen LogP contribution in [0, 0.1) is 0 Å². The summed E-state index contributed by atoms with van der Waals surface area (Å²) in [5, 5.41) is 0. The van der Waals surface area contributed by atoms with E-state index < -0.39 is 37.9 Å². The van der Waals surface area contributed by atoms with Crippen molar-refractivity contribution in [1.82, 2.24) is 19.5 Å². The molecule has 15 heteroatoms. The number of aromatic nitrogens is 4. The molecule has 0 aliphatic carbocycles. The van der Waals surface area contributed by atoms with E-state index in [2.05, 4.69) is 15.0 Å². The molecule has 4 heterocycles. The number of hydrogen-bond donors (Lipinski definition) is 1. The monoisotopic (exact) mass is 503 g/mol. The van der Waals surface area contributed by atoms with Crippen molar-refractivity contribution in [2.75, 3.05) is 25.6 Å². The molecule has 34 heavy (non-hydrogen) atoms. The summed E-state index contributed by atoms with van der Waals surface area (Å²) in [6.45, 7) is 6.22. The molecule has 188 valence electrons. The second kappa shape index (κ2) is 9.34. The zero-order valence-electron chi connectivity index (χ0n) is 19.2. The average Bonchev–Trinajstić information content (AvgIpc) is 3.26. The molecule has 2 aliphatic rings. The summed E-state index contributed by atoms with van der Waals surface area (Å²) in [4.78, 5) is 24.1. The van der Waals surface area contributed by atoms with Crippen molar-refractivity contribution in [3.05, 3.63) is 6.33 Å². The van der Waals surface area contributed by atoms with Crippen LogP contribution in [0.3, 0.4) is 0 Å². The topological polar surface area (TPSA) is 159 Å². The number of imidazole rings is 1. The maximum Gasteiger partial charge on any atom is 0.475 e. The van der Waals surface area contributed by atoms with E-state index in [1.807, 2.05) is 0 Å². The number of halogens is 1. The third-order valence-electron chi connectivity index (χ3n) is 5.18. The van der Waals surface area contributed by atoms with Gasteiger partial charge < -0.3 is 19.9 Å². The number of carbonyl (C=O) groups excluding carboxylic acids is 1. The van der Waals surface area contributed by atoms with E-state index in [1.165, 1.54) is 17.8 Å². The number of nitrogens with zero attached hydrogens (tertiary/aromatic N) is 4. The molecule has 2 aromatic rings. The smallest absolute Gasteiger partial charge is 0.475 e. The van der Waals surface area contributed by atoms with Crippen LogP contribution in [0.15, 0.2) is 6.33 Å². The Morgan fingerprint density at radius 1 is 1.44 bits per heavy atom. The summed E-state index contributed by atoms with van der Waals surface area (Å²) >= 11 is 0. The molecule has 0 radical (unpaired) electrons. The largest absolute Gasteiger partial charge is 0.476 e. The highest BCUT2D eigenvalue weighted by molar-refractivity contribution is 7.48. The molecule has 0 amide bonds. The maximum atomic E-state index is 16.1. The van der Waals surface area contributed by atoms with Gasteiger partial charge in [-0.1, -0.05) is 0 Å². The van der Waals surface area contributed by atoms with Crippen LogP contribution in [0.25, 0.3) is 11.2 Å². The van der Waals surface area contributed by atoms with Crippen LogP contribution in [0.2, 0.25) is 0 Å². The summed E-state index contributed by atoms with van der Waals surface area (Å²) < 4.78 is 62.5. The van der Waals surface area contributed by atoms with Crippen LogP contribution in [0.5, 0.6) is 5.88 Å². The van der Waals surface area contributed by atoms with Crippen LogP contribution < -0.4 is 10.5 Å². The van der Waals surface area contributed by atoms with E-state index in [9.17, 15) is 9.36 Å². The lowest BCUT2D eigenvalue weighted by molar-refractivity contribution is -0.148. The Balaban J connectivity index is 1.51. The number of hydrogen-bond acceptors (Lipinski definition) is 12. The summed E-state index contributed by atoms with van der Waals surface area (Å²) in [5.74, 6) is -0.453. The highest BCUT2D eigenvalue weighted by atomic mass is 31.2. The molecule has 4 rings (SSSR count). The fourth-order valence-electron chi connectivity index (χ4n) is 3.79. The van der Waals surface area contributed by atoms with Crippen molar-refractivity contribution < 1.29 is 41.5 Å². The second-order valence-corrected chi connectivity index (χ2v) is 9.83. The molecule has 13 nitrogen and oxygen atoms in total. The SMILES string of the molecule is CCOc1nc(N)nc2c1ncn2[C@@H]1O[C@@H]2CO[P@@](=O)(OCCC(=O)OC(C)C)O[C@H]2[C@@]1(C)F. The normalized spacial score (nSPS) is 31.1. The second-order valence-electron chi connectivity index (χ2n) is 8.21. The van der Waals surface area contributed by atoms with Crippen LogP contribution >= 0.6 is 7.82 Å². The van der Waals surface area contributed by atoms with Gasteiger partial charge in [-0.25, -0.2) is 13.9 Å². The van der Waals surface area contributed by atoms with Crippen molar-refractivity contribution in [3.63, 3.8) is 0 Å². The van der Waals surface area contributed by atoms with Gasteiger partial charge in [0.2, 0.25) is 11.8 Å². The fraction of sp³-hybridized carbons (Fsp3) is 0.684. The molecule has 0 bridgehead atoms. The molecular weight excluding hydrogens is 476 g/mol. The van der Waals surface area contributed by atoms with Gasteiger partial charge in [0.25, 0.3) is 0 Å². The highest BCUT2D eigenvalue weighted by Gasteiger charge is 2.61. The van der Waals surface area contributed by atoms with Gasteiger partial charge in [0.05, 0.1) is 38.7 Å². The first-order valence-corrected chi connectivity index (χ1v) is 12.2. The van der Waals surface area contributed by atoms with E-state index in [0.717, 1.165) is 0 Å². The molecule has 0 saturated carbocycles. The summed E-state index contributed by atoms with van der Waals surface area (Å²) in [6.07, 6.45) is -2.57. The first kappa shape index (κ1) is 24.7. The molecular formula is C19H27FN5O8P. The lowest BCUT2D eigenvalue weighted by atomic mass is 9.98. The van der Waals surface area contributed by atoms with E-state index >= 15 is 4.39 Å². The van der Waals surface area contributed by atoms with E-state index in [-0.39, 0.29) is 48.7 Å². The number of carbonyl (C=O) groups is 1. The Morgan fingerprint density at radius 2 is 2.21 bits per heavy atom. The number of esters is 1. The minimum atomic E-state index is -4.15. The molecule has 0 aromatic carbocycles. The van der Waals surface area contributed by atoms with E-state index in [0.29, 0.717) is 6.61 Å². The fourth-order valence-corrected chi connectivity index (χ4v) is 5.25. The minimum Gasteiger partial charge on any atom is -0.476 e. The third-order valence-corrected chi connectivity index (χ3v) is 6.63. The van der Waals surface area contributed by atoms with Gasteiger partial charge in [-0.3, -0.25) is 22.9 Å². The molecule has 2 N–H and O–H groups in total. The number of rotatable bonds is 8. The highest BCUT2D eigenvalue weighted by Crippen LogP contribution is 2.59. The number of fused-ring (bicyclic) bond motifs is 2. The van der Waals surface area contributed by atoms with Crippen LogP contribution in [0.4, 0.5) is 10.3 Å². The molecule has 2 saturated heterocycles. The van der Waals surface area contributed by atoms with E-state index in [1.54, 1.807) is 20.8 Å². The first-order valence-electron chi connectivity index (χ1n) is 10.8. The van der Waals surface area contributed by atoms with Crippen LogP contribution in [-0.2, 0) is 32.4 Å². The number of phosphoric ester groups is 1. The summed E-state index contributed by atoms with van der Waals surface area (Å²) in [7, 11) is -4.15. The molecule has 2 fully saturated rings. The van der Waals surface area contributed by atoms with E-state index in [4.69, 9.17) is 33.5 Å². The predicted octanol–water partition coefficient (Wildman–Crippen LogP) is 2.31. The van der Waals surface area contributed by atoms with Crippen molar-refractivity contribution >= 4 is 30.9 Å². The standard InChI is InChI=1S/C19H27FN5O8P/c1-5-28-16-13-15(23-18(21)24-16)25(9-22-13)17-19(4,20)14-11(32-17)8-30-34(27,33-14)29-7-6-12(26)31-10(2)3/h9-11,14,17H,5-8H2,1-4H3,(H2,21,23,24)/t11-,14-,17-,19-,34-/m1/s1. The Bertz CT molecular complexity index is 1110. The van der Waals surface area contributed by atoms with Gasteiger partial charge in [-0.15, -0.1) is 0 Å². The molecule has 2 aliphatic heterocycles. The average molecular weight is 503 g/mol. The van der Waals surface area contributed by atoms with Gasteiger partial charge in [0.1, 0.15) is 12.2 Å². The number of anilines is 1. The zero-order valence-corrected chi connectivity index (χ0v) is 20.1. The molecule has 5 atom stereocenters. The van der Waals surface area contributed by atoms with Gasteiger partial charge >= 0.3 is 13.8 Å². The maximum absolute atomic E-state index is 16.1. The Labute approximate surface area is 194 Å². The van der Waals surface area contributed by atoms with Gasteiger partial charge in [-0.05, 0) is 27.7 Å². The summed E-state index contributed by atoms with van der Waals surface area (Å²) in [5.41, 5.74) is 4.08. The number of nitrogen functional groups attached to an aromatic ring is 1. The Kier molecular flexibility index (Phi) is 6.80. The third kappa shape index (κ3) is 4.73. The zero-order chi connectivity index (χ0) is 24.7. The van der Waals surface area contributed by atoms with Crippen molar-refractivity contribution in [2.45, 2.75) is 64.3 Å². The quantitative estimate of drug-likeness (QED) is 0.414. The summed E-state index contributed by atoms with van der Waals surface area (Å²) in [6, 6.07) is 0. The molecule has 0 unspecified atom stereocenters. The molecule has 0 spiro atoms. The number of ether oxygens (including phenoxy) is 3. The number of alkyl halides is 1. The minimum absolute atomic E-state index is 0.0813. The predicted molar refractivity (Wildman–Crippen MR) is 115 cm³/mol.